The number of carbonyl (C=O) groups excluding carboxylic acids is 1. The van der Waals surface area contributed by atoms with Crippen molar-refractivity contribution < 1.29 is 27.4 Å². The minimum atomic E-state index is -4.53. The average molecular weight is 374 g/mol. The van der Waals surface area contributed by atoms with E-state index in [0.717, 1.165) is 6.07 Å². The summed E-state index contributed by atoms with van der Waals surface area (Å²) in [6, 6.07) is 6.97. The molecule has 0 aliphatic heterocycles. The number of ether oxygens (including phenoxy) is 2. The Labute approximate surface area is 147 Å². The lowest BCUT2D eigenvalue weighted by Gasteiger charge is -2.13. The molecule has 4 nitrogen and oxygen atoms in total. The van der Waals surface area contributed by atoms with Gasteiger partial charge in [0, 0.05) is 12.6 Å². The molecule has 134 valence electrons. The van der Waals surface area contributed by atoms with E-state index >= 15 is 0 Å². The van der Waals surface area contributed by atoms with E-state index in [2.05, 4.69) is 4.98 Å². The van der Waals surface area contributed by atoms with E-state index in [-0.39, 0.29) is 16.7 Å². The third-order valence-electron chi connectivity index (χ3n) is 3.29. The molecule has 1 unspecified atom stereocenters. The molecule has 0 radical (unpaired) electrons. The largest absolute Gasteiger partial charge is 0.483 e. The van der Waals surface area contributed by atoms with Crippen molar-refractivity contribution >= 4 is 17.4 Å². The Hall–Kier alpha value is -2.28. The number of hydrogen-bond acceptors (Lipinski definition) is 4. The lowest BCUT2D eigenvalue weighted by Crippen LogP contribution is -2.22. The maximum absolute atomic E-state index is 12.6. The van der Waals surface area contributed by atoms with Crippen LogP contribution in [0.1, 0.15) is 25.8 Å². The minimum absolute atomic E-state index is 0.0268. The summed E-state index contributed by atoms with van der Waals surface area (Å²) in [5.41, 5.74) is -0.955. The summed E-state index contributed by atoms with van der Waals surface area (Å²) < 4.78 is 48.6. The topological polar surface area (TPSA) is 48.4 Å². The highest BCUT2D eigenvalue weighted by atomic mass is 35.5. The molecule has 1 aromatic carbocycles. The summed E-state index contributed by atoms with van der Waals surface area (Å²) in [5.74, 6) is 0.614. The van der Waals surface area contributed by atoms with E-state index in [1.807, 2.05) is 0 Å². The van der Waals surface area contributed by atoms with Crippen molar-refractivity contribution in [2.45, 2.75) is 32.5 Å². The third kappa shape index (κ3) is 5.09. The van der Waals surface area contributed by atoms with Crippen molar-refractivity contribution in [2.24, 2.45) is 0 Å². The number of ketones is 1. The zero-order chi connectivity index (χ0) is 18.6. The van der Waals surface area contributed by atoms with Crippen LogP contribution in [0.4, 0.5) is 13.2 Å². The van der Waals surface area contributed by atoms with Gasteiger partial charge in [-0.15, -0.1) is 0 Å². The van der Waals surface area contributed by atoms with Crippen LogP contribution < -0.4 is 9.47 Å². The lowest BCUT2D eigenvalue weighted by atomic mass is 10.2. The van der Waals surface area contributed by atoms with Crippen LogP contribution in [0.5, 0.6) is 17.4 Å². The van der Waals surface area contributed by atoms with Gasteiger partial charge in [0.05, 0.1) is 5.56 Å². The molecule has 8 heteroatoms. The number of pyridine rings is 1. The van der Waals surface area contributed by atoms with Crippen LogP contribution in [0.3, 0.4) is 0 Å². The zero-order valence-electron chi connectivity index (χ0n) is 13.4. The Bertz CT molecular complexity index is 748. The number of halogens is 4. The Balaban J connectivity index is 2.08. The van der Waals surface area contributed by atoms with Crippen molar-refractivity contribution in [1.82, 2.24) is 4.98 Å². The SMILES string of the molecule is CCC(=O)C(C)Oc1ccc(Oc2ncc(C(F)(F)F)cc2Cl)cc1. The summed E-state index contributed by atoms with van der Waals surface area (Å²) in [7, 11) is 0. The average Bonchev–Trinajstić information content (AvgIpc) is 2.56. The van der Waals surface area contributed by atoms with Gasteiger partial charge in [-0.1, -0.05) is 18.5 Å². The van der Waals surface area contributed by atoms with Crippen LogP contribution in [-0.2, 0) is 11.0 Å². The summed E-state index contributed by atoms with van der Waals surface area (Å²) in [4.78, 5) is 15.1. The van der Waals surface area contributed by atoms with Gasteiger partial charge in [0.25, 0.3) is 0 Å². The highest BCUT2D eigenvalue weighted by Crippen LogP contribution is 2.34. The number of alkyl halides is 3. The smallest absolute Gasteiger partial charge is 0.417 e. The van der Waals surface area contributed by atoms with E-state index in [0.29, 0.717) is 24.1 Å². The zero-order valence-corrected chi connectivity index (χ0v) is 14.2. The quantitative estimate of drug-likeness (QED) is 0.690. The first kappa shape index (κ1) is 19.1. The van der Waals surface area contributed by atoms with Gasteiger partial charge in [0.15, 0.2) is 11.9 Å². The minimum Gasteiger partial charge on any atom is -0.483 e. The van der Waals surface area contributed by atoms with Crippen molar-refractivity contribution in [3.63, 3.8) is 0 Å². The molecule has 0 bridgehead atoms. The second kappa shape index (κ2) is 7.74. The second-order valence-electron chi connectivity index (χ2n) is 5.16. The van der Waals surface area contributed by atoms with E-state index in [4.69, 9.17) is 21.1 Å². The predicted octanol–water partition coefficient (Wildman–Crippen LogP) is 5.29. The number of carbonyl (C=O) groups is 1. The van der Waals surface area contributed by atoms with Crippen LogP contribution in [0, 0.1) is 0 Å². The number of Topliss-reactive ketones (excluding diaryl/α,β-unsaturated/α-hetero) is 1. The number of aromatic nitrogens is 1. The van der Waals surface area contributed by atoms with Gasteiger partial charge in [-0.2, -0.15) is 13.2 Å². The number of nitrogens with zero attached hydrogens (tertiary/aromatic N) is 1. The molecule has 0 aliphatic rings. The van der Waals surface area contributed by atoms with Crippen LogP contribution >= 0.6 is 11.6 Å². The van der Waals surface area contributed by atoms with Crippen LogP contribution in [0.25, 0.3) is 0 Å². The molecule has 2 aromatic rings. The fourth-order valence-electron chi connectivity index (χ4n) is 1.91. The molecule has 25 heavy (non-hydrogen) atoms. The van der Waals surface area contributed by atoms with E-state index in [1.165, 1.54) is 12.1 Å². The summed E-state index contributed by atoms with van der Waals surface area (Å²) in [6.07, 6.45) is -4.07. The first-order valence-corrected chi connectivity index (χ1v) is 7.78. The summed E-state index contributed by atoms with van der Waals surface area (Å²) in [6.45, 7) is 3.40. The van der Waals surface area contributed by atoms with Crippen molar-refractivity contribution in [3.05, 3.63) is 47.1 Å². The van der Waals surface area contributed by atoms with Crippen LogP contribution in [0.2, 0.25) is 5.02 Å². The Morgan fingerprint density at radius 2 is 1.84 bits per heavy atom. The van der Waals surface area contributed by atoms with Crippen molar-refractivity contribution in [1.29, 1.82) is 0 Å². The fraction of sp³-hybridized carbons (Fsp3) is 0.294. The number of rotatable bonds is 6. The number of benzene rings is 1. The van der Waals surface area contributed by atoms with Crippen molar-refractivity contribution in [2.75, 3.05) is 0 Å². The normalized spacial score (nSPS) is 12.6. The highest BCUT2D eigenvalue weighted by Gasteiger charge is 2.31. The molecule has 0 amide bonds. The molecule has 1 heterocycles. The molecule has 2 rings (SSSR count). The Kier molecular flexibility index (Phi) is 5.89. The molecule has 0 aliphatic carbocycles. The second-order valence-corrected chi connectivity index (χ2v) is 5.57. The van der Waals surface area contributed by atoms with Crippen LogP contribution in [0.15, 0.2) is 36.5 Å². The Morgan fingerprint density at radius 1 is 1.24 bits per heavy atom. The summed E-state index contributed by atoms with van der Waals surface area (Å²) in [5, 5.41) is -0.252. The van der Waals surface area contributed by atoms with E-state index in [9.17, 15) is 18.0 Å². The lowest BCUT2D eigenvalue weighted by molar-refractivity contribution is -0.137. The van der Waals surface area contributed by atoms with E-state index < -0.39 is 17.8 Å². The fourth-order valence-corrected chi connectivity index (χ4v) is 2.12. The molecular formula is C17H15ClF3NO3. The first-order chi connectivity index (χ1) is 11.7. The van der Waals surface area contributed by atoms with Crippen LogP contribution in [-0.4, -0.2) is 16.9 Å². The maximum Gasteiger partial charge on any atom is 0.417 e. The molecule has 0 fully saturated rings. The van der Waals surface area contributed by atoms with Gasteiger partial charge >= 0.3 is 6.18 Å². The molecule has 0 spiro atoms. The van der Waals surface area contributed by atoms with Gasteiger partial charge < -0.3 is 9.47 Å². The summed E-state index contributed by atoms with van der Waals surface area (Å²) >= 11 is 5.79. The van der Waals surface area contributed by atoms with Gasteiger partial charge in [-0.05, 0) is 37.3 Å². The standard InChI is InChI=1S/C17H15ClF3NO3/c1-3-15(23)10(2)24-12-4-6-13(7-5-12)25-16-14(18)8-11(9-22-16)17(19,20)21/h4-10H,3H2,1-2H3. The molecule has 0 saturated carbocycles. The number of hydrogen-bond donors (Lipinski definition) is 0. The highest BCUT2D eigenvalue weighted by molar-refractivity contribution is 6.31. The van der Waals surface area contributed by atoms with Gasteiger partial charge in [-0.3, -0.25) is 4.79 Å². The first-order valence-electron chi connectivity index (χ1n) is 7.40. The Morgan fingerprint density at radius 3 is 2.36 bits per heavy atom. The monoisotopic (exact) mass is 373 g/mol. The van der Waals surface area contributed by atoms with E-state index in [1.54, 1.807) is 26.0 Å². The molecule has 0 N–H and O–H groups in total. The maximum atomic E-state index is 12.6. The predicted molar refractivity (Wildman–Crippen MR) is 86.2 cm³/mol. The van der Waals surface area contributed by atoms with Gasteiger partial charge in [-0.25, -0.2) is 4.98 Å². The molecule has 1 aromatic heterocycles. The molecule has 0 saturated heterocycles. The molecular weight excluding hydrogens is 359 g/mol. The van der Waals surface area contributed by atoms with Gasteiger partial charge in [0.2, 0.25) is 5.88 Å². The van der Waals surface area contributed by atoms with Crippen molar-refractivity contribution in [3.8, 4) is 17.4 Å². The van der Waals surface area contributed by atoms with Gasteiger partial charge in [0.1, 0.15) is 16.5 Å². The third-order valence-corrected chi connectivity index (χ3v) is 3.56. The molecule has 1 atom stereocenters.